The SMILES string of the molecule is c1ccc(-c2ccc(N(c3ccccc3)c3cccc4oc5cc(-c6nc(-c7ccccc7)c7sc8ccccc8c7n6)ccc5c34)cc2)cc1. The minimum absolute atomic E-state index is 0.678. The van der Waals surface area contributed by atoms with Gasteiger partial charge in [-0.1, -0.05) is 121 Å². The normalized spacial score (nSPS) is 11.5. The summed E-state index contributed by atoms with van der Waals surface area (Å²) in [4.78, 5) is 12.7. The van der Waals surface area contributed by atoms with Gasteiger partial charge in [0, 0.05) is 38.0 Å². The van der Waals surface area contributed by atoms with Crippen molar-refractivity contribution in [1.82, 2.24) is 9.97 Å². The molecule has 0 radical (unpaired) electrons. The van der Waals surface area contributed by atoms with Crippen LogP contribution in [0.15, 0.2) is 180 Å². The standard InChI is InChI=1S/C46H29N3OS/c1-4-13-30(14-5-1)31-23-26-35(27-24-31)49(34-17-8-3-9-18-34)38-20-12-21-39-42(38)36-28-25-33(29-40(36)50-39)46-47-43(32-15-6-2-7-16-32)45-44(48-46)37-19-10-11-22-41(37)51-45/h1-29H. The number of para-hydroxylation sites is 1. The van der Waals surface area contributed by atoms with E-state index in [0.29, 0.717) is 5.82 Å². The molecule has 0 aliphatic carbocycles. The Morgan fingerprint density at radius 2 is 1.12 bits per heavy atom. The molecule has 0 saturated heterocycles. The predicted octanol–water partition coefficient (Wildman–Crippen LogP) is 13.2. The Morgan fingerprint density at radius 1 is 0.471 bits per heavy atom. The van der Waals surface area contributed by atoms with Crippen LogP contribution in [0.1, 0.15) is 0 Å². The molecule has 3 aromatic heterocycles. The van der Waals surface area contributed by atoms with Crippen LogP contribution in [0.2, 0.25) is 0 Å². The first kappa shape index (κ1) is 29.4. The van der Waals surface area contributed by atoms with Gasteiger partial charge in [0.25, 0.3) is 0 Å². The molecule has 0 bridgehead atoms. The van der Waals surface area contributed by atoms with E-state index in [9.17, 15) is 0 Å². The molecule has 0 N–H and O–H groups in total. The Hall–Kier alpha value is -6.56. The number of benzene rings is 7. The van der Waals surface area contributed by atoms with Crippen molar-refractivity contribution in [3.63, 3.8) is 0 Å². The highest BCUT2D eigenvalue weighted by Crippen LogP contribution is 2.44. The van der Waals surface area contributed by atoms with Crippen LogP contribution in [0.3, 0.4) is 0 Å². The second-order valence-corrected chi connectivity index (χ2v) is 13.6. The smallest absolute Gasteiger partial charge is 0.160 e. The summed E-state index contributed by atoms with van der Waals surface area (Å²) >= 11 is 1.74. The summed E-state index contributed by atoms with van der Waals surface area (Å²) in [5.41, 5.74) is 11.1. The average Bonchev–Trinajstić information content (AvgIpc) is 3.77. The van der Waals surface area contributed by atoms with Crippen LogP contribution in [0.5, 0.6) is 0 Å². The number of nitrogens with zero attached hydrogens (tertiary/aromatic N) is 3. The molecule has 0 aliphatic heterocycles. The van der Waals surface area contributed by atoms with Crippen molar-refractivity contribution in [3.05, 3.63) is 176 Å². The first-order valence-corrected chi connectivity index (χ1v) is 17.8. The Bertz CT molecular complexity index is 2840. The van der Waals surface area contributed by atoms with E-state index in [1.807, 2.05) is 18.2 Å². The molecule has 240 valence electrons. The van der Waals surface area contributed by atoms with Crippen molar-refractivity contribution in [3.8, 4) is 33.8 Å². The second-order valence-electron chi connectivity index (χ2n) is 12.6. The molecule has 0 spiro atoms. The van der Waals surface area contributed by atoms with Gasteiger partial charge in [0.1, 0.15) is 11.2 Å². The average molecular weight is 672 g/mol. The Morgan fingerprint density at radius 3 is 1.90 bits per heavy atom. The van der Waals surface area contributed by atoms with Crippen LogP contribution < -0.4 is 4.90 Å². The van der Waals surface area contributed by atoms with E-state index in [1.165, 1.54) is 15.8 Å². The molecule has 7 aromatic carbocycles. The predicted molar refractivity (Wildman–Crippen MR) is 213 cm³/mol. The van der Waals surface area contributed by atoms with Crippen LogP contribution >= 0.6 is 11.3 Å². The Balaban J connectivity index is 1.13. The lowest BCUT2D eigenvalue weighted by Gasteiger charge is -2.26. The lowest BCUT2D eigenvalue weighted by Crippen LogP contribution is -2.10. The van der Waals surface area contributed by atoms with Crippen LogP contribution in [0.25, 0.3) is 76.0 Å². The van der Waals surface area contributed by atoms with Gasteiger partial charge in [0.15, 0.2) is 5.82 Å². The van der Waals surface area contributed by atoms with Gasteiger partial charge in [-0.15, -0.1) is 11.3 Å². The number of hydrogen-bond donors (Lipinski definition) is 0. The molecule has 0 atom stereocenters. The Kier molecular flexibility index (Phi) is 6.96. The second kappa shape index (κ2) is 12.1. The number of fused-ring (bicyclic) bond motifs is 6. The number of anilines is 3. The van der Waals surface area contributed by atoms with E-state index in [0.717, 1.165) is 71.4 Å². The molecular formula is C46H29N3OS. The third-order valence-corrected chi connectivity index (χ3v) is 10.7. The monoisotopic (exact) mass is 671 g/mol. The van der Waals surface area contributed by atoms with Gasteiger partial charge in [0.05, 0.1) is 27.0 Å². The van der Waals surface area contributed by atoms with E-state index < -0.39 is 0 Å². The molecule has 51 heavy (non-hydrogen) atoms. The highest BCUT2D eigenvalue weighted by Gasteiger charge is 2.21. The van der Waals surface area contributed by atoms with Gasteiger partial charge in [-0.2, -0.15) is 0 Å². The van der Waals surface area contributed by atoms with Crippen molar-refractivity contribution in [2.45, 2.75) is 0 Å². The summed E-state index contributed by atoms with van der Waals surface area (Å²) < 4.78 is 8.93. The number of hydrogen-bond acceptors (Lipinski definition) is 5. The van der Waals surface area contributed by atoms with E-state index in [2.05, 4.69) is 163 Å². The summed E-state index contributed by atoms with van der Waals surface area (Å²) in [6, 6.07) is 61.3. The minimum Gasteiger partial charge on any atom is -0.456 e. The first-order chi connectivity index (χ1) is 25.3. The fraction of sp³-hybridized carbons (Fsp3) is 0. The van der Waals surface area contributed by atoms with E-state index >= 15 is 0 Å². The van der Waals surface area contributed by atoms with Gasteiger partial charge in [-0.25, -0.2) is 9.97 Å². The summed E-state index contributed by atoms with van der Waals surface area (Å²) in [6.07, 6.45) is 0. The molecular weight excluding hydrogens is 643 g/mol. The quantitative estimate of drug-likeness (QED) is 0.176. The summed E-state index contributed by atoms with van der Waals surface area (Å²) in [6.45, 7) is 0. The van der Waals surface area contributed by atoms with Crippen molar-refractivity contribution < 1.29 is 4.42 Å². The van der Waals surface area contributed by atoms with E-state index in [1.54, 1.807) is 11.3 Å². The summed E-state index contributed by atoms with van der Waals surface area (Å²) in [5, 5.41) is 3.24. The number of aromatic nitrogens is 2. The molecule has 0 amide bonds. The van der Waals surface area contributed by atoms with Crippen molar-refractivity contribution in [2.24, 2.45) is 0 Å². The van der Waals surface area contributed by atoms with Crippen LogP contribution in [0, 0.1) is 0 Å². The van der Waals surface area contributed by atoms with Gasteiger partial charge in [-0.05, 0) is 65.7 Å². The zero-order valence-corrected chi connectivity index (χ0v) is 28.2. The third kappa shape index (κ3) is 5.06. The van der Waals surface area contributed by atoms with Crippen LogP contribution in [-0.2, 0) is 0 Å². The molecule has 10 aromatic rings. The Labute approximate surface area is 298 Å². The zero-order valence-electron chi connectivity index (χ0n) is 27.4. The molecule has 0 fully saturated rings. The molecule has 0 saturated carbocycles. The number of furan rings is 1. The van der Waals surface area contributed by atoms with Crippen molar-refractivity contribution in [2.75, 3.05) is 4.90 Å². The topological polar surface area (TPSA) is 42.2 Å². The van der Waals surface area contributed by atoms with E-state index in [-0.39, 0.29) is 0 Å². The lowest BCUT2D eigenvalue weighted by molar-refractivity contribution is 0.669. The summed E-state index contributed by atoms with van der Waals surface area (Å²) in [5.74, 6) is 0.678. The first-order valence-electron chi connectivity index (χ1n) is 17.0. The number of thiophene rings is 1. The third-order valence-electron chi connectivity index (χ3n) is 9.49. The van der Waals surface area contributed by atoms with Gasteiger partial charge >= 0.3 is 0 Å². The highest BCUT2D eigenvalue weighted by atomic mass is 32.1. The molecule has 3 heterocycles. The molecule has 4 nitrogen and oxygen atoms in total. The maximum Gasteiger partial charge on any atom is 0.160 e. The van der Waals surface area contributed by atoms with Crippen molar-refractivity contribution >= 4 is 70.6 Å². The summed E-state index contributed by atoms with van der Waals surface area (Å²) in [7, 11) is 0. The molecule has 0 unspecified atom stereocenters. The van der Waals surface area contributed by atoms with Crippen LogP contribution in [0.4, 0.5) is 17.1 Å². The fourth-order valence-electron chi connectivity index (χ4n) is 7.08. The fourth-order valence-corrected chi connectivity index (χ4v) is 8.24. The molecule has 5 heteroatoms. The largest absolute Gasteiger partial charge is 0.456 e. The van der Waals surface area contributed by atoms with Gasteiger partial charge in [-0.3, -0.25) is 0 Å². The van der Waals surface area contributed by atoms with Gasteiger partial charge in [0.2, 0.25) is 0 Å². The lowest BCUT2D eigenvalue weighted by atomic mass is 10.0. The molecule has 10 rings (SSSR count). The van der Waals surface area contributed by atoms with Crippen LogP contribution in [-0.4, -0.2) is 9.97 Å². The van der Waals surface area contributed by atoms with Gasteiger partial charge < -0.3 is 9.32 Å². The molecule has 0 aliphatic rings. The number of rotatable bonds is 6. The minimum atomic E-state index is 0.678. The maximum atomic E-state index is 6.63. The van der Waals surface area contributed by atoms with Crippen molar-refractivity contribution in [1.29, 1.82) is 0 Å². The maximum absolute atomic E-state index is 6.63. The van der Waals surface area contributed by atoms with E-state index in [4.69, 9.17) is 14.4 Å². The highest BCUT2D eigenvalue weighted by molar-refractivity contribution is 7.26. The zero-order chi connectivity index (χ0) is 33.7.